The minimum absolute atomic E-state index is 0.0702. The summed E-state index contributed by atoms with van der Waals surface area (Å²) in [7, 11) is 0. The molecule has 0 unspecified atom stereocenters. The van der Waals surface area contributed by atoms with E-state index in [0.29, 0.717) is 31.7 Å². The lowest BCUT2D eigenvalue weighted by atomic mass is 10.1. The number of nitrogens with zero attached hydrogens (tertiary/aromatic N) is 3. The Labute approximate surface area is 114 Å². The second kappa shape index (κ2) is 5.59. The zero-order valence-electron chi connectivity index (χ0n) is 10.7. The molecule has 1 saturated heterocycles. The van der Waals surface area contributed by atoms with Crippen molar-refractivity contribution in [2.24, 2.45) is 0 Å². The molecular formula is C11H15N5O4. The van der Waals surface area contributed by atoms with Crippen LogP contribution in [-0.4, -0.2) is 40.2 Å². The number of amides is 1. The van der Waals surface area contributed by atoms with Crippen LogP contribution in [0.2, 0.25) is 0 Å². The second-order valence-electron chi connectivity index (χ2n) is 4.54. The molecule has 0 aromatic carbocycles. The van der Waals surface area contributed by atoms with E-state index >= 15 is 0 Å². The predicted molar refractivity (Wildman–Crippen MR) is 71.7 cm³/mol. The van der Waals surface area contributed by atoms with Gasteiger partial charge in [0.2, 0.25) is 5.82 Å². The van der Waals surface area contributed by atoms with E-state index in [1.54, 1.807) is 6.07 Å². The summed E-state index contributed by atoms with van der Waals surface area (Å²) in [5.41, 5.74) is 5.34. The third-order valence-electron chi connectivity index (χ3n) is 3.23. The smallest absolute Gasteiger partial charge is 0.404 e. The summed E-state index contributed by atoms with van der Waals surface area (Å²) in [6.45, 7) is 1.24. The first-order valence-electron chi connectivity index (χ1n) is 6.12. The summed E-state index contributed by atoms with van der Waals surface area (Å²) in [6, 6.07) is 2.82. The van der Waals surface area contributed by atoms with Crippen molar-refractivity contribution in [3.8, 4) is 0 Å². The van der Waals surface area contributed by atoms with Crippen LogP contribution in [0, 0.1) is 10.1 Å². The summed E-state index contributed by atoms with van der Waals surface area (Å²) in [5.74, 6) is 0.458. The van der Waals surface area contributed by atoms with Gasteiger partial charge in [0, 0.05) is 25.2 Å². The number of nitro groups is 1. The molecule has 1 aromatic heterocycles. The Morgan fingerprint density at radius 2 is 2.15 bits per heavy atom. The fraction of sp³-hybridized carbons (Fsp3) is 0.455. The van der Waals surface area contributed by atoms with Crippen LogP contribution >= 0.6 is 0 Å². The van der Waals surface area contributed by atoms with Crippen molar-refractivity contribution in [3.63, 3.8) is 0 Å². The van der Waals surface area contributed by atoms with Crippen molar-refractivity contribution in [1.82, 2.24) is 10.3 Å². The maximum Gasteiger partial charge on any atom is 0.404 e. The van der Waals surface area contributed by atoms with Crippen molar-refractivity contribution in [1.29, 1.82) is 0 Å². The average Bonchev–Trinajstić information content (AvgIpc) is 2.38. The van der Waals surface area contributed by atoms with E-state index in [1.165, 1.54) is 6.07 Å². The van der Waals surface area contributed by atoms with Crippen molar-refractivity contribution in [2.75, 3.05) is 23.7 Å². The Bertz CT molecular complexity index is 528. The summed E-state index contributed by atoms with van der Waals surface area (Å²) in [4.78, 5) is 26.6. The van der Waals surface area contributed by atoms with Gasteiger partial charge in [-0.05, 0) is 18.9 Å². The summed E-state index contributed by atoms with van der Waals surface area (Å²) in [6.07, 6.45) is 0.289. The molecule has 1 fully saturated rings. The number of carboxylic acid groups (broad SMARTS) is 1. The molecule has 2 heterocycles. The Hall–Kier alpha value is -2.58. The minimum Gasteiger partial charge on any atom is -0.465 e. The van der Waals surface area contributed by atoms with E-state index in [0.717, 1.165) is 0 Å². The van der Waals surface area contributed by atoms with E-state index in [1.807, 2.05) is 4.90 Å². The molecule has 0 spiro atoms. The largest absolute Gasteiger partial charge is 0.465 e. The van der Waals surface area contributed by atoms with Crippen molar-refractivity contribution in [2.45, 2.75) is 18.9 Å². The van der Waals surface area contributed by atoms with Gasteiger partial charge in [-0.25, -0.2) is 9.78 Å². The molecular weight excluding hydrogens is 266 g/mol. The number of piperidine rings is 1. The van der Waals surface area contributed by atoms with E-state index in [2.05, 4.69) is 10.3 Å². The number of carbonyl (C=O) groups is 1. The molecule has 1 aliphatic heterocycles. The van der Waals surface area contributed by atoms with Crippen LogP contribution < -0.4 is 16.0 Å². The maximum absolute atomic E-state index is 10.7. The average molecular weight is 281 g/mol. The van der Waals surface area contributed by atoms with Crippen LogP contribution in [0.1, 0.15) is 12.8 Å². The second-order valence-corrected chi connectivity index (χ2v) is 4.54. The highest BCUT2D eigenvalue weighted by Crippen LogP contribution is 2.24. The molecule has 1 aromatic rings. The zero-order chi connectivity index (χ0) is 14.7. The van der Waals surface area contributed by atoms with Crippen LogP contribution in [0.25, 0.3) is 0 Å². The van der Waals surface area contributed by atoms with Crippen LogP contribution in [-0.2, 0) is 0 Å². The lowest BCUT2D eigenvalue weighted by molar-refractivity contribution is -0.384. The SMILES string of the molecule is Nc1nc(N2CCC(NC(=O)O)CC2)ccc1[N+](=O)[O-]. The Morgan fingerprint density at radius 1 is 1.50 bits per heavy atom. The van der Waals surface area contributed by atoms with E-state index in [9.17, 15) is 14.9 Å². The topological polar surface area (TPSA) is 135 Å². The minimum atomic E-state index is -1.03. The zero-order valence-corrected chi connectivity index (χ0v) is 10.7. The van der Waals surface area contributed by atoms with E-state index in [4.69, 9.17) is 10.8 Å². The van der Waals surface area contributed by atoms with Crippen LogP contribution in [0.5, 0.6) is 0 Å². The number of pyridine rings is 1. The molecule has 9 heteroatoms. The molecule has 4 N–H and O–H groups in total. The molecule has 0 aliphatic carbocycles. The van der Waals surface area contributed by atoms with Crippen molar-refractivity contribution in [3.05, 3.63) is 22.2 Å². The molecule has 0 atom stereocenters. The predicted octanol–water partition coefficient (Wildman–Crippen LogP) is 0.808. The fourth-order valence-corrected chi connectivity index (χ4v) is 2.21. The third-order valence-corrected chi connectivity index (χ3v) is 3.23. The summed E-state index contributed by atoms with van der Waals surface area (Å²) in [5, 5.41) is 21.8. The van der Waals surface area contributed by atoms with Gasteiger partial charge < -0.3 is 21.1 Å². The normalized spacial score (nSPS) is 15.9. The number of nitrogens with two attached hydrogens (primary N) is 1. The summed E-state index contributed by atoms with van der Waals surface area (Å²) < 4.78 is 0. The van der Waals surface area contributed by atoms with Gasteiger partial charge >= 0.3 is 11.8 Å². The van der Waals surface area contributed by atoms with E-state index < -0.39 is 11.0 Å². The van der Waals surface area contributed by atoms with Gasteiger partial charge in [-0.15, -0.1) is 0 Å². The first-order chi connectivity index (χ1) is 9.47. The molecule has 2 rings (SSSR count). The van der Waals surface area contributed by atoms with Gasteiger partial charge in [0.05, 0.1) is 4.92 Å². The lowest BCUT2D eigenvalue weighted by Crippen LogP contribution is -2.44. The Kier molecular flexibility index (Phi) is 3.87. The number of hydrogen-bond acceptors (Lipinski definition) is 6. The number of nitrogen functional groups attached to an aromatic ring is 1. The highest BCUT2D eigenvalue weighted by Gasteiger charge is 2.22. The third kappa shape index (κ3) is 3.05. The number of nitrogens with one attached hydrogen (secondary N) is 1. The maximum atomic E-state index is 10.7. The number of rotatable bonds is 3. The number of aromatic nitrogens is 1. The van der Waals surface area contributed by atoms with Gasteiger partial charge in [-0.1, -0.05) is 0 Å². The van der Waals surface area contributed by atoms with Gasteiger partial charge in [0.15, 0.2) is 0 Å². The van der Waals surface area contributed by atoms with Crippen LogP contribution in [0.15, 0.2) is 12.1 Å². The number of hydrogen-bond donors (Lipinski definition) is 3. The fourth-order valence-electron chi connectivity index (χ4n) is 2.21. The van der Waals surface area contributed by atoms with Crippen molar-refractivity contribution < 1.29 is 14.8 Å². The van der Waals surface area contributed by atoms with Crippen LogP contribution in [0.3, 0.4) is 0 Å². The highest BCUT2D eigenvalue weighted by molar-refractivity contribution is 5.65. The highest BCUT2D eigenvalue weighted by atomic mass is 16.6. The molecule has 1 amide bonds. The molecule has 0 saturated carbocycles. The molecule has 108 valence electrons. The Balaban J connectivity index is 2.02. The standard InChI is InChI=1S/C11H15N5O4/c12-10-8(16(19)20)1-2-9(14-10)15-5-3-7(4-6-15)13-11(17)18/h1-2,7,13H,3-6H2,(H2,12,14)(H,17,18). The molecule has 9 nitrogen and oxygen atoms in total. The first kappa shape index (κ1) is 13.8. The molecule has 20 heavy (non-hydrogen) atoms. The molecule has 0 bridgehead atoms. The van der Waals surface area contributed by atoms with Crippen molar-refractivity contribution >= 4 is 23.4 Å². The van der Waals surface area contributed by atoms with Gasteiger partial charge in [-0.3, -0.25) is 10.1 Å². The van der Waals surface area contributed by atoms with Gasteiger partial charge in [0.25, 0.3) is 0 Å². The Morgan fingerprint density at radius 3 is 2.65 bits per heavy atom. The van der Waals surface area contributed by atoms with Gasteiger partial charge in [0.1, 0.15) is 5.82 Å². The number of anilines is 2. The summed E-state index contributed by atoms with van der Waals surface area (Å²) >= 11 is 0. The monoisotopic (exact) mass is 281 g/mol. The molecule has 0 radical (unpaired) electrons. The first-order valence-corrected chi connectivity index (χ1v) is 6.12. The van der Waals surface area contributed by atoms with Gasteiger partial charge in [-0.2, -0.15) is 0 Å². The van der Waals surface area contributed by atoms with E-state index in [-0.39, 0.29) is 17.5 Å². The van der Waals surface area contributed by atoms with Crippen LogP contribution in [0.4, 0.5) is 22.1 Å². The quantitative estimate of drug-likeness (QED) is 0.551. The molecule has 1 aliphatic rings. The lowest BCUT2D eigenvalue weighted by Gasteiger charge is -2.32.